The lowest BCUT2D eigenvalue weighted by Crippen LogP contribution is -2.15. The number of thiophene rings is 1. The molecule has 0 aliphatic rings. The molecule has 0 saturated carbocycles. The van der Waals surface area contributed by atoms with Crippen LogP contribution in [0.25, 0.3) is 0 Å². The lowest BCUT2D eigenvalue weighted by Gasteiger charge is -2.13. The molecule has 0 fully saturated rings. The maximum atomic E-state index is 13.5. The van der Waals surface area contributed by atoms with Gasteiger partial charge in [-0.05, 0) is 47.4 Å². The third-order valence-electron chi connectivity index (χ3n) is 2.78. The third kappa shape index (κ3) is 2.53. The van der Waals surface area contributed by atoms with Crippen LogP contribution in [-0.2, 0) is 6.42 Å². The molecule has 0 aliphatic carbocycles. The Balaban J connectivity index is 2.25. The van der Waals surface area contributed by atoms with E-state index in [4.69, 9.17) is 5.73 Å². The molecule has 0 saturated heterocycles. The predicted molar refractivity (Wildman–Crippen MR) is 66.0 cm³/mol. The van der Waals surface area contributed by atoms with E-state index in [-0.39, 0.29) is 18.0 Å². The maximum absolute atomic E-state index is 13.5. The van der Waals surface area contributed by atoms with Gasteiger partial charge in [-0.3, -0.25) is 0 Å². The number of hydrogen-bond acceptors (Lipinski definition) is 2. The van der Waals surface area contributed by atoms with Crippen LogP contribution in [0.5, 0.6) is 0 Å². The topological polar surface area (TPSA) is 26.0 Å². The average Bonchev–Trinajstić information content (AvgIpc) is 2.70. The Morgan fingerprint density at radius 1 is 1.24 bits per heavy atom. The Morgan fingerprint density at radius 3 is 2.41 bits per heavy atom. The number of aryl methyl sites for hydroxylation is 1. The van der Waals surface area contributed by atoms with Crippen molar-refractivity contribution in [1.82, 2.24) is 0 Å². The molecule has 2 aromatic rings. The molecule has 1 aromatic carbocycles. The zero-order valence-corrected chi connectivity index (χ0v) is 10.2. The van der Waals surface area contributed by atoms with Crippen molar-refractivity contribution in [1.29, 1.82) is 0 Å². The fourth-order valence-electron chi connectivity index (χ4n) is 1.81. The van der Waals surface area contributed by atoms with Gasteiger partial charge < -0.3 is 5.73 Å². The van der Waals surface area contributed by atoms with E-state index in [1.807, 2.05) is 17.7 Å². The van der Waals surface area contributed by atoms with Crippen LogP contribution in [0.1, 0.15) is 22.7 Å². The Hall–Kier alpha value is -1.26. The van der Waals surface area contributed by atoms with Crippen LogP contribution in [0.15, 0.2) is 29.0 Å². The minimum atomic E-state index is -0.534. The fourth-order valence-corrected chi connectivity index (χ4v) is 2.72. The number of halogens is 2. The van der Waals surface area contributed by atoms with E-state index >= 15 is 0 Å². The van der Waals surface area contributed by atoms with Crippen LogP contribution in [0, 0.1) is 18.6 Å². The number of rotatable bonds is 3. The highest BCUT2D eigenvalue weighted by Gasteiger charge is 2.15. The largest absolute Gasteiger partial charge is 0.324 e. The van der Waals surface area contributed by atoms with E-state index in [2.05, 4.69) is 0 Å². The van der Waals surface area contributed by atoms with Crippen molar-refractivity contribution in [3.63, 3.8) is 0 Å². The Morgan fingerprint density at radius 2 is 1.88 bits per heavy atom. The molecule has 1 atom stereocenters. The lowest BCUT2D eigenvalue weighted by molar-refractivity contribution is 0.539. The third-order valence-corrected chi connectivity index (χ3v) is 3.66. The minimum Gasteiger partial charge on any atom is -0.324 e. The second-order valence-corrected chi connectivity index (χ2v) is 4.76. The normalized spacial score (nSPS) is 12.7. The zero-order valence-electron chi connectivity index (χ0n) is 9.41. The first-order valence-electron chi connectivity index (χ1n) is 5.30. The van der Waals surface area contributed by atoms with Crippen molar-refractivity contribution in [3.8, 4) is 0 Å². The van der Waals surface area contributed by atoms with Crippen LogP contribution < -0.4 is 5.73 Å². The Kier molecular flexibility index (Phi) is 3.54. The summed E-state index contributed by atoms with van der Waals surface area (Å²) < 4.78 is 26.9. The molecule has 17 heavy (non-hydrogen) atoms. The summed E-state index contributed by atoms with van der Waals surface area (Å²) in [6.45, 7) is 1.95. The van der Waals surface area contributed by atoms with Crippen molar-refractivity contribution >= 4 is 11.3 Å². The van der Waals surface area contributed by atoms with E-state index in [1.165, 1.54) is 18.2 Å². The summed E-state index contributed by atoms with van der Waals surface area (Å²) >= 11 is 1.55. The zero-order chi connectivity index (χ0) is 12.4. The molecule has 0 amide bonds. The molecule has 2 rings (SSSR count). The number of nitrogens with two attached hydrogens (primary N) is 1. The Labute approximate surface area is 103 Å². The van der Waals surface area contributed by atoms with E-state index in [1.54, 1.807) is 11.3 Å². The van der Waals surface area contributed by atoms with Gasteiger partial charge in [0, 0.05) is 11.6 Å². The summed E-state index contributed by atoms with van der Waals surface area (Å²) in [5.41, 5.74) is 8.07. The molecule has 1 nitrogen and oxygen atoms in total. The first kappa shape index (κ1) is 12.2. The second kappa shape index (κ2) is 4.94. The van der Waals surface area contributed by atoms with E-state index in [9.17, 15) is 8.78 Å². The first-order valence-corrected chi connectivity index (χ1v) is 6.25. The summed E-state index contributed by atoms with van der Waals surface area (Å²) in [6.07, 6.45) is 0.177. The van der Waals surface area contributed by atoms with Crippen LogP contribution in [-0.4, -0.2) is 0 Å². The van der Waals surface area contributed by atoms with Gasteiger partial charge in [0.15, 0.2) is 0 Å². The van der Waals surface area contributed by atoms with Gasteiger partial charge in [0.05, 0.1) is 0 Å². The van der Waals surface area contributed by atoms with Crippen molar-refractivity contribution in [2.75, 3.05) is 0 Å². The quantitative estimate of drug-likeness (QED) is 0.889. The van der Waals surface area contributed by atoms with Gasteiger partial charge in [0.2, 0.25) is 0 Å². The predicted octanol–water partition coefficient (Wildman–Crippen LogP) is 3.58. The highest BCUT2D eigenvalue weighted by Crippen LogP contribution is 2.25. The molecule has 0 spiro atoms. The van der Waals surface area contributed by atoms with Gasteiger partial charge in [-0.2, -0.15) is 11.3 Å². The van der Waals surface area contributed by atoms with Crippen LogP contribution in [0.2, 0.25) is 0 Å². The van der Waals surface area contributed by atoms with Gasteiger partial charge in [0.1, 0.15) is 11.6 Å². The van der Waals surface area contributed by atoms with Crippen molar-refractivity contribution in [2.45, 2.75) is 19.4 Å². The monoisotopic (exact) mass is 253 g/mol. The highest BCUT2D eigenvalue weighted by atomic mass is 32.1. The van der Waals surface area contributed by atoms with Crippen molar-refractivity contribution < 1.29 is 8.78 Å². The van der Waals surface area contributed by atoms with E-state index < -0.39 is 11.6 Å². The molecule has 0 bridgehead atoms. The molecule has 2 N–H and O–H groups in total. The summed E-state index contributed by atoms with van der Waals surface area (Å²) in [6, 6.07) is 3.50. The maximum Gasteiger partial charge on any atom is 0.129 e. The van der Waals surface area contributed by atoms with Gasteiger partial charge in [-0.1, -0.05) is 6.07 Å². The molecule has 1 heterocycles. The van der Waals surface area contributed by atoms with Crippen LogP contribution in [0.3, 0.4) is 0 Å². The van der Waals surface area contributed by atoms with Gasteiger partial charge in [-0.15, -0.1) is 0 Å². The first-order chi connectivity index (χ1) is 8.09. The molecular weight excluding hydrogens is 240 g/mol. The number of benzene rings is 1. The molecule has 1 unspecified atom stereocenters. The Bertz CT molecular complexity index is 502. The number of hydrogen-bond donors (Lipinski definition) is 1. The minimum absolute atomic E-state index is 0.0607. The van der Waals surface area contributed by atoms with Crippen LogP contribution >= 0.6 is 11.3 Å². The highest BCUT2D eigenvalue weighted by molar-refractivity contribution is 7.08. The lowest BCUT2D eigenvalue weighted by atomic mass is 9.99. The SMILES string of the molecule is Cc1cscc1C(N)Cc1c(F)cccc1F. The van der Waals surface area contributed by atoms with Gasteiger partial charge >= 0.3 is 0 Å². The smallest absolute Gasteiger partial charge is 0.129 e. The summed E-state index contributed by atoms with van der Waals surface area (Å²) in [7, 11) is 0. The molecule has 4 heteroatoms. The standard InChI is InChI=1S/C13H13F2NS/c1-8-6-17-7-10(8)13(16)5-9-11(14)3-2-4-12(9)15/h2-4,6-7,13H,5,16H2,1H3. The summed E-state index contributed by atoms with van der Waals surface area (Å²) in [5, 5.41) is 3.91. The van der Waals surface area contributed by atoms with E-state index in [0.717, 1.165) is 11.1 Å². The molecule has 90 valence electrons. The summed E-state index contributed by atoms with van der Waals surface area (Å²) in [5.74, 6) is -1.07. The van der Waals surface area contributed by atoms with Gasteiger partial charge in [0.25, 0.3) is 0 Å². The summed E-state index contributed by atoms with van der Waals surface area (Å²) in [4.78, 5) is 0. The molecule has 0 radical (unpaired) electrons. The van der Waals surface area contributed by atoms with Gasteiger partial charge in [-0.25, -0.2) is 8.78 Å². The van der Waals surface area contributed by atoms with Crippen molar-refractivity contribution in [3.05, 3.63) is 57.3 Å². The second-order valence-electron chi connectivity index (χ2n) is 4.02. The van der Waals surface area contributed by atoms with Crippen molar-refractivity contribution in [2.24, 2.45) is 5.73 Å². The average molecular weight is 253 g/mol. The van der Waals surface area contributed by atoms with E-state index in [0.29, 0.717) is 0 Å². The fraction of sp³-hybridized carbons (Fsp3) is 0.231. The molecule has 0 aliphatic heterocycles. The van der Waals surface area contributed by atoms with Crippen LogP contribution in [0.4, 0.5) is 8.78 Å². The molecular formula is C13H13F2NS. The molecule has 1 aromatic heterocycles.